The Labute approximate surface area is 223 Å². The van der Waals surface area contributed by atoms with Gasteiger partial charge in [-0.15, -0.1) is 9.32 Å². The lowest BCUT2D eigenvalue weighted by atomic mass is 9.89. The highest BCUT2D eigenvalue weighted by Gasteiger charge is 2.82. The molecule has 0 saturated heterocycles. The van der Waals surface area contributed by atoms with Crippen molar-refractivity contribution in [2.45, 2.75) is 93.2 Å². The number of alkyl halides is 9. The van der Waals surface area contributed by atoms with Crippen LogP contribution in [0.4, 0.5) is 39.5 Å². The Kier molecular flexibility index (Phi) is 15.6. The third-order valence-corrected chi connectivity index (χ3v) is 6.16. The fraction of sp³-hybridized carbons (Fsp3) is 0.850. The van der Waals surface area contributed by atoms with E-state index in [1.54, 1.807) is 0 Å². The number of aliphatic hydroxyl groups is 2. The first-order valence-electron chi connectivity index (χ1n) is 11.3. The smallest absolute Gasteiger partial charge is 0.434 e. The largest absolute Gasteiger partial charge is 0.460 e. The van der Waals surface area contributed by atoms with Crippen LogP contribution in [0.25, 0.3) is 0 Å². The molecule has 6 N–H and O–H groups in total. The van der Waals surface area contributed by atoms with Gasteiger partial charge in [0.15, 0.2) is 5.54 Å². The fourth-order valence-corrected chi connectivity index (χ4v) is 3.68. The number of unbranched alkanes of at least 4 members (excludes halogenated alkanes) is 6. The topological polar surface area (TPSA) is 146 Å². The maximum Gasteiger partial charge on any atom is 0.460 e. The van der Waals surface area contributed by atoms with Crippen molar-refractivity contribution in [1.29, 1.82) is 0 Å². The number of aliphatic hydroxyl groups excluding tert-OH is 2. The summed E-state index contributed by atoms with van der Waals surface area (Å²) in [6.07, 6.45) is -13.4. The van der Waals surface area contributed by atoms with Crippen LogP contribution >= 0.6 is 12.0 Å². The van der Waals surface area contributed by atoms with Crippen LogP contribution in [0.5, 0.6) is 0 Å². The SMILES string of the molecule is C=COC(=O)C(N)(CSOON)C(O)C(O)CCCCCCCCCOC(F)(F)C(F)(F)C(F)(F)C(F)(F)F.[HH]. The summed E-state index contributed by atoms with van der Waals surface area (Å²) in [7, 11) is 0. The molecule has 0 bridgehead atoms. The second kappa shape index (κ2) is 16.2. The summed E-state index contributed by atoms with van der Waals surface area (Å²) >= 11 is 0.463. The Morgan fingerprint density at radius 1 is 0.923 bits per heavy atom. The highest BCUT2D eigenvalue weighted by atomic mass is 32.2. The lowest BCUT2D eigenvalue weighted by molar-refractivity contribution is -0.444. The lowest BCUT2D eigenvalue weighted by Gasteiger charge is -2.33. The molecule has 39 heavy (non-hydrogen) atoms. The molecule has 0 aliphatic carbocycles. The van der Waals surface area contributed by atoms with E-state index in [4.69, 9.17) is 5.73 Å². The molecule has 0 heterocycles. The van der Waals surface area contributed by atoms with E-state index in [2.05, 4.69) is 31.3 Å². The van der Waals surface area contributed by atoms with Crippen LogP contribution in [0.2, 0.25) is 0 Å². The van der Waals surface area contributed by atoms with E-state index >= 15 is 0 Å². The minimum atomic E-state index is -7.00. The first-order valence-corrected chi connectivity index (χ1v) is 12.2. The Morgan fingerprint density at radius 2 is 1.44 bits per heavy atom. The number of carbonyl (C=O) groups excluding carboxylic acids is 1. The second-order valence-electron chi connectivity index (χ2n) is 8.33. The van der Waals surface area contributed by atoms with Gasteiger partial charge in [-0.25, -0.2) is 4.79 Å². The summed E-state index contributed by atoms with van der Waals surface area (Å²) in [4.78, 5) is 16.0. The summed E-state index contributed by atoms with van der Waals surface area (Å²) < 4.78 is 127. The van der Waals surface area contributed by atoms with Gasteiger partial charge in [0.25, 0.3) is 0 Å². The molecule has 0 radical (unpaired) electrons. The second-order valence-corrected chi connectivity index (χ2v) is 8.99. The Morgan fingerprint density at radius 3 is 1.92 bits per heavy atom. The lowest BCUT2D eigenvalue weighted by Crippen LogP contribution is -2.63. The molecule has 234 valence electrons. The molecule has 3 atom stereocenters. The quantitative estimate of drug-likeness (QED) is 0.0279. The van der Waals surface area contributed by atoms with Gasteiger partial charge in [0, 0.05) is 13.5 Å². The monoisotopic (exact) mass is 616 g/mol. The first kappa shape index (κ1) is 37.6. The molecule has 0 aliphatic rings. The van der Waals surface area contributed by atoms with Crippen molar-refractivity contribution in [2.24, 2.45) is 11.6 Å². The summed E-state index contributed by atoms with van der Waals surface area (Å²) in [6.45, 7) is 2.01. The number of rotatable bonds is 21. The van der Waals surface area contributed by atoms with Gasteiger partial charge in [0.2, 0.25) is 0 Å². The molecule has 0 amide bonds. The number of nitrogens with two attached hydrogens (primary N) is 2. The molecule has 0 fully saturated rings. The van der Waals surface area contributed by atoms with Crippen LogP contribution in [0.3, 0.4) is 0 Å². The molecule has 0 spiro atoms. The maximum atomic E-state index is 13.3. The van der Waals surface area contributed by atoms with E-state index in [1.807, 2.05) is 0 Å². The van der Waals surface area contributed by atoms with Gasteiger partial charge >= 0.3 is 30.1 Å². The summed E-state index contributed by atoms with van der Waals surface area (Å²) in [5.74, 6) is -10.7. The molecule has 0 aromatic carbocycles. The minimum absolute atomic E-state index is 0. The van der Waals surface area contributed by atoms with Crippen LogP contribution in [0.15, 0.2) is 12.8 Å². The molecule has 0 aromatic heterocycles. The van der Waals surface area contributed by atoms with Crippen LogP contribution in [0, 0.1) is 0 Å². The Hall–Kier alpha value is -1.35. The number of halogens is 9. The van der Waals surface area contributed by atoms with Crippen molar-refractivity contribution in [3.63, 3.8) is 0 Å². The standard InChI is InChI=1S/C20H31F9N2O7S.H2/c1-2-35-15(34)16(30,12-39-38-37-31)14(33)13(32)10-8-6-4-3-5-7-9-11-36-20(28,29)18(23,24)17(21,22)19(25,26)27;/h2,13-14,32-33H,1,3-12,30-31H2;1H. The molecule has 0 aromatic rings. The molecule has 0 rings (SSSR count). The summed E-state index contributed by atoms with van der Waals surface area (Å²) in [5.41, 5.74) is 3.78. The molecule has 19 heteroatoms. The van der Waals surface area contributed by atoms with Gasteiger partial charge in [-0.2, -0.15) is 45.4 Å². The van der Waals surface area contributed by atoms with Gasteiger partial charge in [0.1, 0.15) is 6.10 Å². The van der Waals surface area contributed by atoms with Crippen molar-refractivity contribution in [2.75, 3.05) is 12.4 Å². The van der Waals surface area contributed by atoms with E-state index in [-0.39, 0.29) is 20.7 Å². The maximum absolute atomic E-state index is 13.3. The number of hydrogen-bond acceptors (Lipinski definition) is 10. The predicted molar refractivity (Wildman–Crippen MR) is 120 cm³/mol. The molecule has 9 nitrogen and oxygen atoms in total. The number of hydrogen-bond donors (Lipinski definition) is 4. The van der Waals surface area contributed by atoms with E-state index in [9.17, 15) is 54.5 Å². The third kappa shape index (κ3) is 10.5. The molecular weight excluding hydrogens is 583 g/mol. The van der Waals surface area contributed by atoms with Crippen molar-refractivity contribution >= 4 is 18.0 Å². The van der Waals surface area contributed by atoms with Crippen molar-refractivity contribution in [1.82, 2.24) is 0 Å². The highest BCUT2D eigenvalue weighted by Crippen LogP contribution is 2.53. The van der Waals surface area contributed by atoms with Gasteiger partial charge in [-0.3, -0.25) is 0 Å². The Balaban J connectivity index is 0. The number of esters is 1. The Bertz CT molecular complexity index is 758. The van der Waals surface area contributed by atoms with Gasteiger partial charge in [-0.1, -0.05) is 45.1 Å². The normalized spacial score (nSPS) is 16.4. The molecule has 3 unspecified atom stereocenters. The van der Waals surface area contributed by atoms with Gasteiger partial charge in [0.05, 0.1) is 24.7 Å². The van der Waals surface area contributed by atoms with Gasteiger partial charge in [-0.05, 0) is 12.8 Å². The fourth-order valence-electron chi connectivity index (χ4n) is 3.09. The van der Waals surface area contributed by atoms with Crippen molar-refractivity contribution in [3.8, 4) is 0 Å². The van der Waals surface area contributed by atoms with Crippen molar-refractivity contribution in [3.05, 3.63) is 12.8 Å². The van der Waals surface area contributed by atoms with E-state index in [0.717, 1.165) is 6.26 Å². The van der Waals surface area contributed by atoms with E-state index in [0.29, 0.717) is 44.1 Å². The zero-order chi connectivity index (χ0) is 30.5. The third-order valence-electron chi connectivity index (χ3n) is 5.39. The predicted octanol–water partition coefficient (Wildman–Crippen LogP) is 4.37. The minimum Gasteiger partial charge on any atom is -0.434 e. The molecule has 0 aliphatic heterocycles. The molecular formula is C20H33F9N2O7S. The van der Waals surface area contributed by atoms with Crippen LogP contribution in [-0.2, 0) is 23.6 Å². The van der Waals surface area contributed by atoms with Crippen LogP contribution in [-0.4, -0.2) is 70.4 Å². The zero-order valence-electron chi connectivity index (χ0n) is 20.4. The average molecular weight is 617 g/mol. The summed E-state index contributed by atoms with van der Waals surface area (Å²) in [5, 5.41) is 20.6. The van der Waals surface area contributed by atoms with E-state index < -0.39 is 60.2 Å². The van der Waals surface area contributed by atoms with Crippen LogP contribution in [0.1, 0.15) is 52.8 Å². The first-order chi connectivity index (χ1) is 17.8. The average Bonchev–Trinajstić information content (AvgIpc) is 2.83. The van der Waals surface area contributed by atoms with E-state index in [1.165, 1.54) is 0 Å². The van der Waals surface area contributed by atoms with Gasteiger partial charge < -0.3 is 25.4 Å². The number of carbonyl (C=O) groups is 1. The van der Waals surface area contributed by atoms with Crippen molar-refractivity contribution < 1.29 is 74.7 Å². The highest BCUT2D eigenvalue weighted by molar-refractivity contribution is 7.94. The summed E-state index contributed by atoms with van der Waals surface area (Å²) in [6, 6.07) is 0. The van der Waals surface area contributed by atoms with Crippen LogP contribution < -0.4 is 11.6 Å². The zero-order valence-corrected chi connectivity index (χ0v) is 21.2. The number of ether oxygens (including phenoxy) is 2. The molecule has 0 saturated carbocycles.